The van der Waals surface area contributed by atoms with Gasteiger partial charge in [-0.05, 0) is 44.2 Å². The van der Waals surface area contributed by atoms with Gasteiger partial charge in [-0.2, -0.15) is 5.10 Å². The van der Waals surface area contributed by atoms with Crippen LogP contribution in [0.3, 0.4) is 0 Å². The Morgan fingerprint density at radius 2 is 2.21 bits per heavy atom. The first kappa shape index (κ1) is 16.8. The molecule has 0 radical (unpaired) electrons. The third kappa shape index (κ3) is 3.70. The Morgan fingerprint density at radius 3 is 2.88 bits per heavy atom. The molecule has 1 aliphatic rings. The fourth-order valence-electron chi connectivity index (χ4n) is 2.96. The van der Waals surface area contributed by atoms with Crippen LogP contribution in [0.4, 0.5) is 0 Å². The lowest BCUT2D eigenvalue weighted by atomic mass is 10.2. The van der Waals surface area contributed by atoms with Crippen LogP contribution in [0.5, 0.6) is 5.88 Å². The van der Waals surface area contributed by atoms with Gasteiger partial charge in [0.25, 0.3) is 5.91 Å². The quantitative estimate of drug-likeness (QED) is 0.901. The van der Waals surface area contributed by atoms with E-state index in [1.165, 1.54) is 17.5 Å². The zero-order valence-corrected chi connectivity index (χ0v) is 14.6. The molecule has 2 aromatic heterocycles. The molecule has 24 heavy (non-hydrogen) atoms. The van der Waals surface area contributed by atoms with Crippen molar-refractivity contribution in [2.45, 2.75) is 45.3 Å². The van der Waals surface area contributed by atoms with E-state index < -0.39 is 0 Å². The standard InChI is InChI=1S/C17H21ClN4O2/c1-11-15(16(18)22(2)21-11)17(23)20-10-12-7-8-19-14(9-12)24-13-5-3-4-6-13/h7-9,13H,3-6,10H2,1-2H3,(H,20,23). The highest BCUT2D eigenvalue weighted by Crippen LogP contribution is 2.23. The van der Waals surface area contributed by atoms with Gasteiger partial charge in [-0.15, -0.1) is 0 Å². The van der Waals surface area contributed by atoms with Crippen molar-refractivity contribution >= 4 is 17.5 Å². The van der Waals surface area contributed by atoms with Crippen LogP contribution in [0.25, 0.3) is 0 Å². The van der Waals surface area contributed by atoms with Crippen LogP contribution in [0.1, 0.15) is 47.3 Å². The lowest BCUT2D eigenvalue weighted by Crippen LogP contribution is -2.23. The van der Waals surface area contributed by atoms with Gasteiger partial charge in [0.1, 0.15) is 11.3 Å². The molecule has 0 atom stereocenters. The molecule has 6 nitrogen and oxygen atoms in total. The molecule has 2 heterocycles. The second-order valence-corrected chi connectivity index (χ2v) is 6.44. The molecule has 1 aliphatic carbocycles. The highest BCUT2D eigenvalue weighted by Gasteiger charge is 2.19. The largest absolute Gasteiger partial charge is 0.474 e. The van der Waals surface area contributed by atoms with Gasteiger partial charge in [-0.3, -0.25) is 9.48 Å². The van der Waals surface area contributed by atoms with Crippen molar-refractivity contribution in [1.29, 1.82) is 0 Å². The summed E-state index contributed by atoms with van der Waals surface area (Å²) < 4.78 is 7.38. The number of hydrogen-bond acceptors (Lipinski definition) is 4. The van der Waals surface area contributed by atoms with Crippen LogP contribution in [-0.2, 0) is 13.6 Å². The van der Waals surface area contributed by atoms with Gasteiger partial charge in [0.05, 0.1) is 11.3 Å². The van der Waals surface area contributed by atoms with Gasteiger partial charge in [0, 0.05) is 25.9 Å². The fraction of sp³-hybridized carbons (Fsp3) is 0.471. The molecule has 0 aromatic carbocycles. The monoisotopic (exact) mass is 348 g/mol. The highest BCUT2D eigenvalue weighted by atomic mass is 35.5. The number of rotatable bonds is 5. The number of aromatic nitrogens is 3. The average Bonchev–Trinajstić information content (AvgIpc) is 3.14. The predicted molar refractivity (Wildman–Crippen MR) is 91.2 cm³/mol. The maximum Gasteiger partial charge on any atom is 0.256 e. The summed E-state index contributed by atoms with van der Waals surface area (Å²) in [6.07, 6.45) is 6.56. The second kappa shape index (κ2) is 7.21. The Hall–Kier alpha value is -2.08. The summed E-state index contributed by atoms with van der Waals surface area (Å²) in [4.78, 5) is 16.6. The third-order valence-corrected chi connectivity index (χ3v) is 4.65. The molecule has 1 fully saturated rings. The minimum atomic E-state index is -0.235. The summed E-state index contributed by atoms with van der Waals surface area (Å²) in [5.74, 6) is 0.380. The Labute approximate surface area is 146 Å². The number of ether oxygens (including phenoxy) is 1. The van der Waals surface area contributed by atoms with Gasteiger partial charge in [0.15, 0.2) is 0 Å². The molecule has 128 valence electrons. The molecule has 0 bridgehead atoms. The van der Waals surface area contributed by atoms with E-state index in [1.807, 2.05) is 12.1 Å². The summed E-state index contributed by atoms with van der Waals surface area (Å²) >= 11 is 6.12. The van der Waals surface area contributed by atoms with Crippen molar-refractivity contribution in [2.24, 2.45) is 7.05 Å². The van der Waals surface area contributed by atoms with Crippen LogP contribution < -0.4 is 10.1 Å². The van der Waals surface area contributed by atoms with E-state index in [0.29, 0.717) is 28.8 Å². The van der Waals surface area contributed by atoms with Crippen LogP contribution in [0.15, 0.2) is 18.3 Å². The van der Waals surface area contributed by atoms with Crippen molar-refractivity contribution in [3.8, 4) is 5.88 Å². The zero-order chi connectivity index (χ0) is 17.1. The highest BCUT2D eigenvalue weighted by molar-refractivity contribution is 6.33. The van der Waals surface area contributed by atoms with Gasteiger partial charge in [-0.1, -0.05) is 11.6 Å². The van der Waals surface area contributed by atoms with Crippen molar-refractivity contribution in [2.75, 3.05) is 0 Å². The van der Waals surface area contributed by atoms with Gasteiger partial charge >= 0.3 is 0 Å². The van der Waals surface area contributed by atoms with E-state index in [2.05, 4.69) is 15.4 Å². The number of carbonyl (C=O) groups excluding carboxylic acids is 1. The third-order valence-electron chi connectivity index (χ3n) is 4.22. The lowest BCUT2D eigenvalue weighted by Gasteiger charge is -2.13. The number of halogens is 1. The first-order chi connectivity index (χ1) is 11.5. The number of pyridine rings is 1. The zero-order valence-electron chi connectivity index (χ0n) is 13.9. The maximum atomic E-state index is 12.3. The van der Waals surface area contributed by atoms with E-state index in [4.69, 9.17) is 16.3 Å². The van der Waals surface area contributed by atoms with Crippen LogP contribution in [0.2, 0.25) is 5.15 Å². The molecule has 0 unspecified atom stereocenters. The molecule has 1 amide bonds. The van der Waals surface area contributed by atoms with Gasteiger partial charge in [0.2, 0.25) is 5.88 Å². The topological polar surface area (TPSA) is 69.0 Å². The Balaban J connectivity index is 1.62. The fourth-order valence-corrected chi connectivity index (χ4v) is 3.22. The average molecular weight is 349 g/mol. The normalized spacial score (nSPS) is 14.8. The first-order valence-corrected chi connectivity index (χ1v) is 8.51. The van der Waals surface area contributed by atoms with Crippen molar-refractivity contribution in [3.63, 3.8) is 0 Å². The van der Waals surface area contributed by atoms with Crippen molar-refractivity contribution in [3.05, 3.63) is 40.3 Å². The SMILES string of the molecule is Cc1nn(C)c(Cl)c1C(=O)NCc1ccnc(OC2CCCC2)c1. The predicted octanol–water partition coefficient (Wildman–Crippen LogP) is 3.03. The van der Waals surface area contributed by atoms with Crippen LogP contribution in [0, 0.1) is 6.92 Å². The number of amides is 1. The number of aryl methyl sites for hydroxylation is 2. The molecule has 0 aliphatic heterocycles. The number of carbonyl (C=O) groups is 1. The molecular weight excluding hydrogens is 328 g/mol. The number of nitrogens with zero attached hydrogens (tertiary/aromatic N) is 3. The smallest absolute Gasteiger partial charge is 0.256 e. The van der Waals surface area contributed by atoms with E-state index in [1.54, 1.807) is 20.2 Å². The Morgan fingerprint density at radius 1 is 1.46 bits per heavy atom. The van der Waals surface area contributed by atoms with E-state index in [0.717, 1.165) is 18.4 Å². The number of nitrogens with one attached hydrogen (secondary N) is 1. The molecule has 0 saturated heterocycles. The van der Waals surface area contributed by atoms with Crippen molar-refractivity contribution < 1.29 is 9.53 Å². The summed E-state index contributed by atoms with van der Waals surface area (Å²) in [5, 5.41) is 7.36. The first-order valence-electron chi connectivity index (χ1n) is 8.13. The minimum Gasteiger partial charge on any atom is -0.474 e. The summed E-state index contributed by atoms with van der Waals surface area (Å²) in [5.41, 5.74) is 1.96. The van der Waals surface area contributed by atoms with Crippen molar-refractivity contribution in [1.82, 2.24) is 20.1 Å². The molecule has 7 heteroatoms. The van der Waals surface area contributed by atoms with Gasteiger partial charge < -0.3 is 10.1 Å². The Bertz CT molecular complexity index is 738. The lowest BCUT2D eigenvalue weighted by molar-refractivity contribution is 0.0950. The Kier molecular flexibility index (Phi) is 5.04. The van der Waals surface area contributed by atoms with E-state index in [9.17, 15) is 4.79 Å². The van der Waals surface area contributed by atoms with Gasteiger partial charge in [-0.25, -0.2) is 4.98 Å². The molecule has 1 N–H and O–H groups in total. The summed E-state index contributed by atoms with van der Waals surface area (Å²) in [6.45, 7) is 2.15. The molecular formula is C17H21ClN4O2. The molecule has 0 spiro atoms. The molecule has 2 aromatic rings. The second-order valence-electron chi connectivity index (χ2n) is 6.08. The summed E-state index contributed by atoms with van der Waals surface area (Å²) in [7, 11) is 1.71. The molecule has 3 rings (SSSR count). The molecule has 1 saturated carbocycles. The van der Waals surface area contributed by atoms with E-state index >= 15 is 0 Å². The van der Waals surface area contributed by atoms with Crippen LogP contribution in [-0.4, -0.2) is 26.8 Å². The van der Waals surface area contributed by atoms with E-state index in [-0.39, 0.29) is 12.0 Å². The summed E-state index contributed by atoms with van der Waals surface area (Å²) in [6, 6.07) is 3.73. The van der Waals surface area contributed by atoms with Crippen LogP contribution >= 0.6 is 11.6 Å². The maximum absolute atomic E-state index is 12.3. The minimum absolute atomic E-state index is 0.235. The number of hydrogen-bond donors (Lipinski definition) is 1.